The monoisotopic (exact) mass is 382 g/mol. The maximum atomic E-state index is 12.7. The van der Waals surface area contributed by atoms with Crippen LogP contribution in [0.4, 0.5) is 0 Å². The van der Waals surface area contributed by atoms with Crippen LogP contribution < -0.4 is 5.32 Å². The molecule has 1 amide bonds. The van der Waals surface area contributed by atoms with Gasteiger partial charge in [0.25, 0.3) is 5.91 Å². The molecule has 0 atom stereocenters. The molecule has 0 aliphatic heterocycles. The molecule has 0 saturated heterocycles. The topological polar surface area (TPSA) is 59.3 Å². The van der Waals surface area contributed by atoms with Crippen molar-refractivity contribution in [2.24, 2.45) is 0 Å². The highest BCUT2D eigenvalue weighted by Gasteiger charge is 2.22. The van der Waals surface area contributed by atoms with Crippen molar-refractivity contribution in [1.82, 2.24) is 19.9 Å². The van der Waals surface area contributed by atoms with E-state index in [1.807, 2.05) is 38.1 Å². The predicted octanol–water partition coefficient (Wildman–Crippen LogP) is 4.26. The van der Waals surface area contributed by atoms with E-state index in [-0.39, 0.29) is 11.9 Å². The van der Waals surface area contributed by atoms with Gasteiger partial charge in [0.1, 0.15) is 5.56 Å². The summed E-state index contributed by atoms with van der Waals surface area (Å²) in [4.78, 5) is 17.4. The lowest BCUT2D eigenvalue weighted by atomic mass is 10.0. The van der Waals surface area contributed by atoms with E-state index in [2.05, 4.69) is 10.4 Å². The van der Waals surface area contributed by atoms with Crippen molar-refractivity contribution in [3.63, 3.8) is 0 Å². The average Bonchev–Trinajstić information content (AvgIpc) is 3.29. The van der Waals surface area contributed by atoms with Crippen LogP contribution in [0.1, 0.15) is 58.6 Å². The van der Waals surface area contributed by atoms with E-state index in [1.54, 1.807) is 10.7 Å². The fourth-order valence-corrected chi connectivity index (χ4v) is 4.10. The Morgan fingerprint density at radius 3 is 2.74 bits per heavy atom. The smallest absolute Gasteiger partial charge is 0.256 e. The summed E-state index contributed by atoms with van der Waals surface area (Å²) in [6.45, 7) is 3.99. The van der Waals surface area contributed by atoms with E-state index in [0.717, 1.165) is 40.4 Å². The summed E-state index contributed by atoms with van der Waals surface area (Å²) >= 11 is 6.33. The van der Waals surface area contributed by atoms with Crippen LogP contribution in [0.2, 0.25) is 5.02 Å². The Morgan fingerprint density at radius 2 is 2.00 bits per heavy atom. The van der Waals surface area contributed by atoms with Crippen LogP contribution in [0, 0.1) is 13.8 Å². The molecule has 0 bridgehead atoms. The molecule has 0 spiro atoms. The Labute approximate surface area is 163 Å². The zero-order valence-corrected chi connectivity index (χ0v) is 16.4. The van der Waals surface area contributed by atoms with Gasteiger partial charge in [0, 0.05) is 28.9 Å². The third-order valence-electron chi connectivity index (χ3n) is 5.47. The van der Waals surface area contributed by atoms with Gasteiger partial charge in [0.05, 0.1) is 6.20 Å². The average molecular weight is 383 g/mol. The van der Waals surface area contributed by atoms with Crippen molar-refractivity contribution in [3.05, 3.63) is 63.6 Å². The Balaban J connectivity index is 1.68. The summed E-state index contributed by atoms with van der Waals surface area (Å²) in [6, 6.07) is 8.10. The highest BCUT2D eigenvalue weighted by atomic mass is 35.5. The number of nitrogens with zero attached hydrogens (tertiary/aromatic N) is 3. The van der Waals surface area contributed by atoms with Gasteiger partial charge in [-0.1, -0.05) is 42.6 Å². The Morgan fingerprint density at radius 1 is 1.26 bits per heavy atom. The predicted molar refractivity (Wildman–Crippen MR) is 106 cm³/mol. The highest BCUT2D eigenvalue weighted by Crippen LogP contribution is 2.24. The lowest BCUT2D eigenvalue weighted by Gasteiger charge is -2.13. The van der Waals surface area contributed by atoms with Gasteiger partial charge in [-0.15, -0.1) is 0 Å². The number of nitrogens with one attached hydrogen (secondary N) is 1. The van der Waals surface area contributed by atoms with Crippen LogP contribution in [-0.4, -0.2) is 26.5 Å². The third kappa shape index (κ3) is 3.44. The molecule has 1 aliphatic carbocycles. The van der Waals surface area contributed by atoms with Crippen molar-refractivity contribution in [2.75, 3.05) is 0 Å². The first kappa shape index (κ1) is 18.0. The van der Waals surface area contributed by atoms with Gasteiger partial charge in [-0.3, -0.25) is 4.79 Å². The highest BCUT2D eigenvalue weighted by molar-refractivity contribution is 6.31. The molecule has 2 aromatic heterocycles. The number of carbonyl (C=O) groups excluding carboxylic acids is 1. The molecule has 2 heterocycles. The lowest BCUT2D eigenvalue weighted by Crippen LogP contribution is -2.32. The second-order valence-corrected chi connectivity index (χ2v) is 7.69. The number of benzene rings is 1. The molecule has 1 fully saturated rings. The van der Waals surface area contributed by atoms with Gasteiger partial charge in [-0.2, -0.15) is 5.10 Å². The molecule has 0 radical (unpaired) electrons. The first-order chi connectivity index (χ1) is 13.0. The van der Waals surface area contributed by atoms with Gasteiger partial charge in [0.2, 0.25) is 0 Å². The molecule has 3 aromatic rings. The first-order valence-corrected chi connectivity index (χ1v) is 9.80. The molecule has 1 saturated carbocycles. The molecular formula is C21H23ClN4O. The minimum absolute atomic E-state index is 0.0814. The zero-order valence-electron chi connectivity index (χ0n) is 15.6. The lowest BCUT2D eigenvalue weighted by molar-refractivity contribution is 0.0939. The normalized spacial score (nSPS) is 14.8. The van der Waals surface area contributed by atoms with Crippen LogP contribution in [0.25, 0.3) is 5.65 Å². The van der Waals surface area contributed by atoms with Gasteiger partial charge < -0.3 is 5.32 Å². The quantitative estimate of drug-likeness (QED) is 0.733. The van der Waals surface area contributed by atoms with Crippen molar-refractivity contribution in [1.29, 1.82) is 0 Å². The number of amides is 1. The molecule has 6 heteroatoms. The van der Waals surface area contributed by atoms with Crippen LogP contribution in [0.3, 0.4) is 0 Å². The SMILES string of the molecule is Cc1nc2c(C(=O)NC3CCCC3)cnn2c(C)c1Cc1ccccc1Cl. The molecule has 1 N–H and O–H groups in total. The number of hydrogen-bond acceptors (Lipinski definition) is 3. The summed E-state index contributed by atoms with van der Waals surface area (Å²) in [5.74, 6) is -0.0814. The summed E-state index contributed by atoms with van der Waals surface area (Å²) in [6.07, 6.45) is 6.78. The molecule has 1 aromatic carbocycles. The Bertz CT molecular complexity index is 1000. The Hall–Kier alpha value is -2.40. The van der Waals surface area contributed by atoms with E-state index < -0.39 is 0 Å². The summed E-state index contributed by atoms with van der Waals surface area (Å²) in [7, 11) is 0. The van der Waals surface area contributed by atoms with E-state index in [4.69, 9.17) is 16.6 Å². The number of rotatable bonds is 4. The number of aromatic nitrogens is 3. The Kier molecular flexibility index (Phi) is 4.87. The standard InChI is InChI=1S/C21H23ClN4O/c1-13-17(11-15-7-3-6-10-19(15)22)14(2)26-20(24-13)18(12-23-26)21(27)25-16-8-4-5-9-16/h3,6-7,10,12,16H,4-5,8-9,11H2,1-2H3,(H,25,27). The molecule has 0 unspecified atom stereocenters. The molecular weight excluding hydrogens is 360 g/mol. The fraction of sp³-hybridized carbons (Fsp3) is 0.381. The number of halogens is 1. The van der Waals surface area contributed by atoms with Crippen LogP contribution in [0.15, 0.2) is 30.5 Å². The number of aryl methyl sites for hydroxylation is 2. The fourth-order valence-electron chi connectivity index (χ4n) is 3.89. The van der Waals surface area contributed by atoms with Gasteiger partial charge in [-0.05, 0) is 43.9 Å². The summed E-state index contributed by atoms with van der Waals surface area (Å²) in [5.41, 5.74) is 5.17. The largest absolute Gasteiger partial charge is 0.349 e. The van der Waals surface area contributed by atoms with Crippen molar-refractivity contribution < 1.29 is 4.79 Å². The minimum Gasteiger partial charge on any atom is -0.349 e. The molecule has 27 heavy (non-hydrogen) atoms. The molecule has 4 rings (SSSR count). The van der Waals surface area contributed by atoms with E-state index in [0.29, 0.717) is 17.6 Å². The van der Waals surface area contributed by atoms with Gasteiger partial charge >= 0.3 is 0 Å². The number of fused-ring (bicyclic) bond motifs is 1. The molecule has 5 nitrogen and oxygen atoms in total. The summed E-state index contributed by atoms with van der Waals surface area (Å²) < 4.78 is 1.77. The second kappa shape index (κ2) is 7.31. The van der Waals surface area contributed by atoms with Crippen LogP contribution >= 0.6 is 11.6 Å². The molecule has 140 valence electrons. The van der Waals surface area contributed by atoms with E-state index in [1.165, 1.54) is 12.8 Å². The minimum atomic E-state index is -0.0814. The number of hydrogen-bond donors (Lipinski definition) is 1. The van der Waals surface area contributed by atoms with E-state index in [9.17, 15) is 4.79 Å². The van der Waals surface area contributed by atoms with Crippen molar-refractivity contribution >= 4 is 23.2 Å². The van der Waals surface area contributed by atoms with Crippen LogP contribution in [-0.2, 0) is 6.42 Å². The van der Waals surface area contributed by atoms with Gasteiger partial charge in [0.15, 0.2) is 5.65 Å². The van der Waals surface area contributed by atoms with Crippen LogP contribution in [0.5, 0.6) is 0 Å². The van der Waals surface area contributed by atoms with Gasteiger partial charge in [-0.25, -0.2) is 9.50 Å². The van der Waals surface area contributed by atoms with E-state index >= 15 is 0 Å². The number of carbonyl (C=O) groups is 1. The zero-order chi connectivity index (χ0) is 19.0. The maximum Gasteiger partial charge on any atom is 0.256 e. The molecule has 1 aliphatic rings. The first-order valence-electron chi connectivity index (χ1n) is 9.42. The summed E-state index contributed by atoms with van der Waals surface area (Å²) in [5, 5.41) is 8.31. The van der Waals surface area contributed by atoms with Crippen molar-refractivity contribution in [3.8, 4) is 0 Å². The maximum absolute atomic E-state index is 12.7. The second-order valence-electron chi connectivity index (χ2n) is 7.28. The third-order valence-corrected chi connectivity index (χ3v) is 5.84. The van der Waals surface area contributed by atoms with Crippen molar-refractivity contribution in [2.45, 2.75) is 52.0 Å².